The Morgan fingerprint density at radius 3 is 2.47 bits per heavy atom. The number of likely N-dealkylation sites (N-methyl/N-ethyl adjacent to an activating group) is 1. The maximum absolute atomic E-state index is 13.0. The average molecular weight is 412 g/mol. The summed E-state index contributed by atoms with van der Waals surface area (Å²) in [5, 5.41) is 5.79. The normalized spacial score (nSPS) is 26.4. The van der Waals surface area contributed by atoms with Crippen molar-refractivity contribution in [3.05, 3.63) is 29.3 Å². The molecule has 1 aliphatic carbocycles. The van der Waals surface area contributed by atoms with Gasteiger partial charge in [-0.25, -0.2) is 0 Å². The number of benzene rings is 1. The van der Waals surface area contributed by atoms with Gasteiger partial charge in [0.15, 0.2) is 0 Å². The van der Waals surface area contributed by atoms with E-state index in [1.165, 1.54) is 0 Å². The lowest BCUT2D eigenvalue weighted by atomic mass is 10.0. The van der Waals surface area contributed by atoms with Gasteiger partial charge in [-0.05, 0) is 57.0 Å². The molecule has 2 heterocycles. The van der Waals surface area contributed by atoms with E-state index in [9.17, 15) is 19.2 Å². The molecule has 0 bridgehead atoms. The van der Waals surface area contributed by atoms with Crippen LogP contribution in [-0.4, -0.2) is 64.6 Å². The van der Waals surface area contributed by atoms with Gasteiger partial charge in [0.1, 0.15) is 6.04 Å². The number of nitrogens with zero attached hydrogens (tertiary/aromatic N) is 2. The molecule has 1 saturated heterocycles. The highest BCUT2D eigenvalue weighted by molar-refractivity contribution is 6.23. The van der Waals surface area contributed by atoms with E-state index in [0.717, 1.165) is 42.9 Å². The summed E-state index contributed by atoms with van der Waals surface area (Å²) in [5.74, 6) is -1.91. The van der Waals surface area contributed by atoms with Crippen molar-refractivity contribution in [2.75, 3.05) is 18.4 Å². The molecule has 8 nitrogen and oxygen atoms in total. The van der Waals surface area contributed by atoms with Gasteiger partial charge in [0.05, 0.1) is 11.1 Å². The van der Waals surface area contributed by atoms with Crippen molar-refractivity contribution in [2.45, 2.75) is 64.1 Å². The van der Waals surface area contributed by atoms with Crippen molar-refractivity contribution in [3.8, 4) is 0 Å². The molecule has 2 N–H and O–H groups in total. The van der Waals surface area contributed by atoms with Crippen LogP contribution in [0.15, 0.2) is 18.2 Å². The van der Waals surface area contributed by atoms with Crippen molar-refractivity contribution in [3.63, 3.8) is 0 Å². The fourth-order valence-electron chi connectivity index (χ4n) is 5.01. The monoisotopic (exact) mass is 412 g/mol. The lowest BCUT2D eigenvalue weighted by molar-refractivity contribution is -0.136. The highest BCUT2D eigenvalue weighted by atomic mass is 16.2. The van der Waals surface area contributed by atoms with E-state index < -0.39 is 23.8 Å². The number of amides is 4. The van der Waals surface area contributed by atoms with Gasteiger partial charge in [-0.15, -0.1) is 0 Å². The van der Waals surface area contributed by atoms with Crippen LogP contribution in [-0.2, 0) is 9.59 Å². The minimum absolute atomic E-state index is 0.116. The zero-order valence-electron chi connectivity index (χ0n) is 17.4. The first-order valence-electron chi connectivity index (χ1n) is 10.8. The van der Waals surface area contributed by atoms with E-state index in [2.05, 4.69) is 29.4 Å². The number of fused-ring (bicyclic) bond motifs is 1. The first-order valence-corrected chi connectivity index (χ1v) is 10.8. The zero-order valence-corrected chi connectivity index (χ0v) is 17.4. The summed E-state index contributed by atoms with van der Waals surface area (Å²) in [6, 6.07) is 5.01. The molecule has 2 fully saturated rings. The molecule has 1 aromatic rings. The van der Waals surface area contributed by atoms with Gasteiger partial charge in [-0.3, -0.25) is 34.3 Å². The number of piperidine rings is 1. The third kappa shape index (κ3) is 3.49. The minimum Gasteiger partial charge on any atom is -0.381 e. The van der Waals surface area contributed by atoms with Gasteiger partial charge in [0, 0.05) is 24.2 Å². The van der Waals surface area contributed by atoms with E-state index in [-0.39, 0.29) is 18.7 Å². The molecule has 3 atom stereocenters. The molecule has 1 saturated carbocycles. The van der Waals surface area contributed by atoms with E-state index in [1.807, 2.05) is 6.07 Å². The molecular weight excluding hydrogens is 384 g/mol. The molecule has 0 radical (unpaired) electrons. The van der Waals surface area contributed by atoms with Crippen molar-refractivity contribution >= 4 is 29.3 Å². The molecule has 0 aromatic heterocycles. The van der Waals surface area contributed by atoms with Gasteiger partial charge in [-0.1, -0.05) is 13.8 Å². The number of imide groups is 2. The molecule has 4 rings (SSSR count). The maximum atomic E-state index is 13.0. The zero-order chi connectivity index (χ0) is 21.4. The predicted molar refractivity (Wildman–Crippen MR) is 111 cm³/mol. The van der Waals surface area contributed by atoms with Gasteiger partial charge < -0.3 is 5.32 Å². The highest BCUT2D eigenvalue weighted by Crippen LogP contribution is 2.32. The lowest BCUT2D eigenvalue weighted by Crippen LogP contribution is -2.54. The number of rotatable bonds is 6. The van der Waals surface area contributed by atoms with Gasteiger partial charge in [0.2, 0.25) is 11.8 Å². The lowest BCUT2D eigenvalue weighted by Gasteiger charge is -2.32. The van der Waals surface area contributed by atoms with Crippen LogP contribution in [0.2, 0.25) is 0 Å². The van der Waals surface area contributed by atoms with Crippen molar-refractivity contribution in [1.29, 1.82) is 0 Å². The Morgan fingerprint density at radius 2 is 1.77 bits per heavy atom. The van der Waals surface area contributed by atoms with Gasteiger partial charge >= 0.3 is 0 Å². The smallest absolute Gasteiger partial charge is 0.262 e. The molecule has 4 amide bonds. The number of hydrogen-bond acceptors (Lipinski definition) is 6. The standard InChI is InChI=1S/C22H28N4O4/c1-3-25(4-2)17-7-5-6-16(17)23-13-8-9-14-15(12-13)22(30)26(21(14)29)18-10-11-19(27)24-20(18)28/h8-9,12,16-18,23H,3-7,10-11H2,1-2H3,(H,24,27,28)/t16-,17+,18?/m1/s1. The fourth-order valence-corrected chi connectivity index (χ4v) is 5.01. The van der Waals surface area contributed by atoms with E-state index in [4.69, 9.17) is 0 Å². The molecule has 1 aromatic carbocycles. The van der Waals surface area contributed by atoms with Gasteiger partial charge in [0.25, 0.3) is 11.8 Å². The Morgan fingerprint density at radius 1 is 1.03 bits per heavy atom. The number of hydrogen-bond donors (Lipinski definition) is 2. The average Bonchev–Trinajstić information content (AvgIpc) is 3.27. The van der Waals surface area contributed by atoms with Crippen LogP contribution < -0.4 is 10.6 Å². The van der Waals surface area contributed by atoms with Crippen molar-refractivity contribution in [2.24, 2.45) is 0 Å². The molecule has 160 valence electrons. The SMILES string of the molecule is CCN(CC)[C@H]1CCC[C@H]1Nc1ccc2c(c1)C(=O)N(C1CCC(=O)NC1=O)C2=O. The quantitative estimate of drug-likeness (QED) is 0.691. The van der Waals surface area contributed by atoms with Crippen LogP contribution in [0.5, 0.6) is 0 Å². The second-order valence-corrected chi connectivity index (χ2v) is 8.18. The Bertz CT molecular complexity index is 895. The van der Waals surface area contributed by atoms with Crippen LogP contribution in [0.3, 0.4) is 0 Å². The van der Waals surface area contributed by atoms with Gasteiger partial charge in [-0.2, -0.15) is 0 Å². The topological polar surface area (TPSA) is 98.8 Å². The highest BCUT2D eigenvalue weighted by Gasteiger charge is 2.44. The summed E-state index contributed by atoms with van der Waals surface area (Å²) in [4.78, 5) is 52.9. The van der Waals surface area contributed by atoms with Crippen LogP contribution in [0.1, 0.15) is 66.7 Å². The molecular formula is C22H28N4O4. The first kappa shape index (κ1) is 20.5. The summed E-state index contributed by atoms with van der Waals surface area (Å²) in [6.45, 7) is 6.33. The van der Waals surface area contributed by atoms with E-state index in [1.54, 1.807) is 12.1 Å². The molecule has 3 aliphatic rings. The predicted octanol–water partition coefficient (Wildman–Crippen LogP) is 1.76. The maximum Gasteiger partial charge on any atom is 0.262 e. The summed E-state index contributed by atoms with van der Waals surface area (Å²) in [6.07, 6.45) is 3.64. The number of anilines is 1. The minimum atomic E-state index is -0.937. The molecule has 0 spiro atoms. The molecule has 1 unspecified atom stereocenters. The van der Waals surface area contributed by atoms with Crippen LogP contribution in [0.25, 0.3) is 0 Å². The number of nitrogens with one attached hydrogen (secondary N) is 2. The summed E-state index contributed by atoms with van der Waals surface area (Å²) in [7, 11) is 0. The second kappa shape index (κ2) is 8.18. The van der Waals surface area contributed by atoms with Crippen molar-refractivity contribution in [1.82, 2.24) is 15.1 Å². The molecule has 2 aliphatic heterocycles. The van der Waals surface area contributed by atoms with Crippen LogP contribution in [0.4, 0.5) is 5.69 Å². The molecule has 8 heteroatoms. The van der Waals surface area contributed by atoms with E-state index >= 15 is 0 Å². The summed E-state index contributed by atoms with van der Waals surface area (Å²) >= 11 is 0. The Hall–Kier alpha value is -2.74. The van der Waals surface area contributed by atoms with E-state index in [0.29, 0.717) is 23.2 Å². The van der Waals surface area contributed by atoms with Crippen molar-refractivity contribution < 1.29 is 19.2 Å². The summed E-state index contributed by atoms with van der Waals surface area (Å²) < 4.78 is 0. The van der Waals surface area contributed by atoms with Crippen LogP contribution >= 0.6 is 0 Å². The number of carbonyl (C=O) groups is 4. The second-order valence-electron chi connectivity index (χ2n) is 8.18. The first-order chi connectivity index (χ1) is 14.4. The third-order valence-electron chi connectivity index (χ3n) is 6.55. The van der Waals surface area contributed by atoms with Crippen LogP contribution in [0, 0.1) is 0 Å². The Labute approximate surface area is 176 Å². The Kier molecular flexibility index (Phi) is 5.60. The largest absolute Gasteiger partial charge is 0.381 e. The molecule has 30 heavy (non-hydrogen) atoms. The third-order valence-corrected chi connectivity index (χ3v) is 6.55. The summed E-state index contributed by atoms with van der Waals surface area (Å²) in [5.41, 5.74) is 1.43. The fraction of sp³-hybridized carbons (Fsp3) is 0.545. The Balaban J connectivity index is 1.54. The number of carbonyl (C=O) groups excluding carboxylic acids is 4.